The molecule has 2 rings (SSSR count). The number of nitrogens with zero attached hydrogens (tertiary/aromatic N) is 2. The van der Waals surface area contributed by atoms with Crippen LogP contribution in [0.25, 0.3) is 0 Å². The molecule has 1 aromatic heterocycles. The molecule has 23 heavy (non-hydrogen) atoms. The molecule has 0 aliphatic carbocycles. The molecule has 0 fully saturated rings. The predicted molar refractivity (Wildman–Crippen MR) is 90.1 cm³/mol. The maximum Gasteiger partial charge on any atom is 0.282 e. The number of aromatic nitrogens is 2. The van der Waals surface area contributed by atoms with Crippen LogP contribution in [-0.2, 0) is 5.41 Å². The summed E-state index contributed by atoms with van der Waals surface area (Å²) in [4.78, 5) is 23.7. The molecular weight excluding hydrogens is 316 g/mol. The van der Waals surface area contributed by atoms with Crippen LogP contribution in [0, 0.1) is 10.1 Å². The lowest BCUT2D eigenvalue weighted by molar-refractivity contribution is -0.385. The molecule has 2 aromatic rings. The Labute approximate surface area is 138 Å². The Kier molecular flexibility index (Phi) is 4.74. The van der Waals surface area contributed by atoms with Crippen molar-refractivity contribution in [2.75, 3.05) is 11.6 Å². The van der Waals surface area contributed by atoms with Crippen molar-refractivity contribution >= 4 is 29.2 Å². The first-order valence-corrected chi connectivity index (χ1v) is 8.14. The Morgan fingerprint density at radius 1 is 1.35 bits per heavy atom. The van der Waals surface area contributed by atoms with Gasteiger partial charge in [-0.25, -0.2) is 0 Å². The minimum atomic E-state index is -0.565. The second kappa shape index (κ2) is 6.41. The fourth-order valence-corrected chi connectivity index (χ4v) is 2.38. The van der Waals surface area contributed by atoms with E-state index in [2.05, 4.69) is 15.5 Å². The summed E-state index contributed by atoms with van der Waals surface area (Å²) in [5, 5.41) is 20.6. The first-order valence-electron chi connectivity index (χ1n) is 6.92. The largest absolute Gasteiger partial charge is 0.305 e. The molecule has 8 heteroatoms. The lowest BCUT2D eigenvalue weighted by atomic mass is 9.92. The van der Waals surface area contributed by atoms with Crippen molar-refractivity contribution in [3.8, 4) is 0 Å². The Morgan fingerprint density at radius 2 is 2.04 bits per heavy atom. The summed E-state index contributed by atoms with van der Waals surface area (Å²) >= 11 is 1.41. The standard InChI is InChI=1S/C15H18N4O3S/c1-15(2,3)12-8-13(18-17-12)16-14(20)10-7-9(23-4)5-6-11(10)19(21)22/h5-8H,1-4H3,(H2,16,17,18,20). The average Bonchev–Trinajstić information content (AvgIpc) is 2.95. The molecule has 0 bridgehead atoms. The van der Waals surface area contributed by atoms with Gasteiger partial charge in [-0.15, -0.1) is 11.8 Å². The molecule has 0 unspecified atom stereocenters. The summed E-state index contributed by atoms with van der Waals surface area (Å²) < 4.78 is 0. The molecular formula is C15H18N4O3S. The maximum absolute atomic E-state index is 12.4. The molecule has 7 nitrogen and oxygen atoms in total. The fraction of sp³-hybridized carbons (Fsp3) is 0.333. The lowest BCUT2D eigenvalue weighted by Gasteiger charge is -2.14. The van der Waals surface area contributed by atoms with Gasteiger partial charge >= 0.3 is 0 Å². The van der Waals surface area contributed by atoms with E-state index < -0.39 is 10.8 Å². The highest BCUT2D eigenvalue weighted by Gasteiger charge is 2.22. The number of amides is 1. The van der Waals surface area contributed by atoms with E-state index in [1.54, 1.807) is 12.1 Å². The van der Waals surface area contributed by atoms with Crippen LogP contribution in [0.1, 0.15) is 36.8 Å². The quantitative estimate of drug-likeness (QED) is 0.505. The van der Waals surface area contributed by atoms with Crippen molar-refractivity contribution in [1.29, 1.82) is 0 Å². The SMILES string of the molecule is CSc1ccc([N+](=O)[O-])c(C(=O)Nc2cc(C(C)(C)C)[nH]n2)c1. The summed E-state index contributed by atoms with van der Waals surface area (Å²) in [5.74, 6) is -0.219. The molecule has 0 aliphatic rings. The van der Waals surface area contributed by atoms with Gasteiger partial charge in [-0.1, -0.05) is 20.8 Å². The number of carbonyl (C=O) groups excluding carboxylic acids is 1. The van der Waals surface area contributed by atoms with Crippen LogP contribution < -0.4 is 5.32 Å². The van der Waals surface area contributed by atoms with E-state index in [0.29, 0.717) is 5.82 Å². The summed E-state index contributed by atoms with van der Waals surface area (Å²) in [6.45, 7) is 6.04. The van der Waals surface area contributed by atoms with E-state index >= 15 is 0 Å². The zero-order valence-corrected chi connectivity index (χ0v) is 14.2. The first-order chi connectivity index (χ1) is 10.7. The molecule has 1 aromatic carbocycles. The topological polar surface area (TPSA) is 101 Å². The number of aromatic amines is 1. The second-order valence-electron chi connectivity index (χ2n) is 6.01. The second-order valence-corrected chi connectivity index (χ2v) is 6.89. The van der Waals surface area contributed by atoms with Gasteiger partial charge in [0.1, 0.15) is 5.56 Å². The molecule has 0 atom stereocenters. The van der Waals surface area contributed by atoms with E-state index in [0.717, 1.165) is 10.6 Å². The van der Waals surface area contributed by atoms with Gasteiger partial charge in [0, 0.05) is 28.1 Å². The smallest absolute Gasteiger partial charge is 0.282 e. The van der Waals surface area contributed by atoms with Crippen molar-refractivity contribution in [2.45, 2.75) is 31.1 Å². The van der Waals surface area contributed by atoms with Crippen molar-refractivity contribution in [2.24, 2.45) is 0 Å². The maximum atomic E-state index is 12.4. The van der Waals surface area contributed by atoms with E-state index in [1.165, 1.54) is 23.9 Å². The number of nitro benzene ring substituents is 1. The number of thioether (sulfide) groups is 1. The normalized spacial score (nSPS) is 11.3. The van der Waals surface area contributed by atoms with Crippen LogP contribution in [0.3, 0.4) is 0 Å². The van der Waals surface area contributed by atoms with Crippen molar-refractivity contribution in [3.63, 3.8) is 0 Å². The highest BCUT2D eigenvalue weighted by molar-refractivity contribution is 7.98. The minimum Gasteiger partial charge on any atom is -0.305 e. The van der Waals surface area contributed by atoms with Gasteiger partial charge in [0.05, 0.1) is 4.92 Å². The van der Waals surface area contributed by atoms with Crippen molar-refractivity contribution in [3.05, 3.63) is 45.6 Å². The summed E-state index contributed by atoms with van der Waals surface area (Å²) in [7, 11) is 0. The van der Waals surface area contributed by atoms with Crippen molar-refractivity contribution < 1.29 is 9.72 Å². The number of anilines is 1. The monoisotopic (exact) mass is 334 g/mol. The van der Waals surface area contributed by atoms with Crippen LogP contribution in [0.4, 0.5) is 11.5 Å². The fourth-order valence-electron chi connectivity index (χ4n) is 1.94. The third kappa shape index (κ3) is 3.89. The third-order valence-corrected chi connectivity index (χ3v) is 4.00. The number of nitro groups is 1. The summed E-state index contributed by atoms with van der Waals surface area (Å²) in [5.41, 5.74) is 0.509. The van der Waals surface area contributed by atoms with Gasteiger partial charge in [0.15, 0.2) is 5.82 Å². The number of carbonyl (C=O) groups is 1. The molecule has 0 aliphatic heterocycles. The van der Waals surface area contributed by atoms with Gasteiger partial charge in [0.25, 0.3) is 11.6 Å². The van der Waals surface area contributed by atoms with E-state index in [1.807, 2.05) is 27.0 Å². The molecule has 0 saturated carbocycles. The van der Waals surface area contributed by atoms with Crippen LogP contribution in [0.5, 0.6) is 0 Å². The summed E-state index contributed by atoms with van der Waals surface area (Å²) in [6.07, 6.45) is 1.84. The molecule has 0 spiro atoms. The highest BCUT2D eigenvalue weighted by Crippen LogP contribution is 2.26. The highest BCUT2D eigenvalue weighted by atomic mass is 32.2. The molecule has 1 amide bonds. The number of nitrogens with one attached hydrogen (secondary N) is 2. The Hall–Kier alpha value is -2.35. The third-order valence-electron chi connectivity index (χ3n) is 3.27. The van der Waals surface area contributed by atoms with Gasteiger partial charge < -0.3 is 5.32 Å². The van der Waals surface area contributed by atoms with Crippen LogP contribution in [0.15, 0.2) is 29.2 Å². The van der Waals surface area contributed by atoms with E-state index in [-0.39, 0.29) is 16.7 Å². The number of hydrogen-bond donors (Lipinski definition) is 2. The minimum absolute atomic E-state index is 0.0159. The Bertz CT molecular complexity index is 749. The lowest BCUT2D eigenvalue weighted by Crippen LogP contribution is -2.14. The molecule has 122 valence electrons. The van der Waals surface area contributed by atoms with Crippen LogP contribution >= 0.6 is 11.8 Å². The van der Waals surface area contributed by atoms with Crippen LogP contribution in [-0.4, -0.2) is 27.3 Å². The Morgan fingerprint density at radius 3 is 2.57 bits per heavy atom. The zero-order valence-electron chi connectivity index (χ0n) is 13.3. The number of hydrogen-bond acceptors (Lipinski definition) is 5. The van der Waals surface area contributed by atoms with Crippen LogP contribution in [0.2, 0.25) is 0 Å². The number of H-pyrrole nitrogens is 1. The summed E-state index contributed by atoms with van der Waals surface area (Å²) in [6, 6.07) is 6.19. The van der Waals surface area contributed by atoms with E-state index in [4.69, 9.17) is 0 Å². The molecule has 0 saturated heterocycles. The Balaban J connectivity index is 2.30. The molecule has 2 N–H and O–H groups in total. The van der Waals surface area contributed by atoms with Gasteiger partial charge in [0.2, 0.25) is 0 Å². The number of benzene rings is 1. The van der Waals surface area contributed by atoms with Gasteiger partial charge in [-0.2, -0.15) is 5.10 Å². The average molecular weight is 334 g/mol. The van der Waals surface area contributed by atoms with E-state index in [9.17, 15) is 14.9 Å². The number of rotatable bonds is 4. The predicted octanol–water partition coefficient (Wildman–Crippen LogP) is 3.59. The zero-order chi connectivity index (χ0) is 17.2. The van der Waals surface area contributed by atoms with Gasteiger partial charge in [-0.3, -0.25) is 20.0 Å². The molecule has 1 heterocycles. The molecule has 0 radical (unpaired) electrons. The first kappa shape index (κ1) is 17.0. The van der Waals surface area contributed by atoms with Gasteiger partial charge in [-0.05, 0) is 18.4 Å². The van der Waals surface area contributed by atoms with Crippen molar-refractivity contribution in [1.82, 2.24) is 10.2 Å².